The van der Waals surface area contributed by atoms with Crippen molar-refractivity contribution in [2.45, 2.75) is 6.92 Å². The van der Waals surface area contributed by atoms with Crippen molar-refractivity contribution < 1.29 is 9.53 Å². The summed E-state index contributed by atoms with van der Waals surface area (Å²) >= 11 is 0. The number of amides is 1. The van der Waals surface area contributed by atoms with Crippen molar-refractivity contribution in [3.05, 3.63) is 54.2 Å². The molecule has 1 aromatic carbocycles. The summed E-state index contributed by atoms with van der Waals surface area (Å²) in [6.45, 7) is 6.61. The van der Waals surface area contributed by atoms with Gasteiger partial charge >= 0.3 is 0 Å². The molecule has 3 rings (SSSR count). The number of likely N-dealkylation sites (N-methyl/N-ethyl adjacent to an activating group) is 1. The molecule has 0 saturated carbocycles. The number of benzene rings is 1. The Morgan fingerprint density at radius 3 is 2.65 bits per heavy atom. The highest BCUT2D eigenvalue weighted by molar-refractivity contribution is 5.94. The van der Waals surface area contributed by atoms with Crippen molar-refractivity contribution in [1.82, 2.24) is 14.8 Å². The standard InChI is InChI=1S/C18H21N3O2/c1-2-20-10-12-21(13-11-20)18(22)15-6-5-7-16(14-15)23-17-8-3-4-9-19-17/h3-9,14H,2,10-13H2,1H3. The Kier molecular flexibility index (Phi) is 4.88. The Labute approximate surface area is 136 Å². The van der Waals surface area contributed by atoms with Crippen LogP contribution in [0, 0.1) is 0 Å². The first-order chi connectivity index (χ1) is 11.3. The Balaban J connectivity index is 1.68. The van der Waals surface area contributed by atoms with Gasteiger partial charge in [-0.25, -0.2) is 4.98 Å². The fourth-order valence-corrected chi connectivity index (χ4v) is 2.67. The summed E-state index contributed by atoms with van der Waals surface area (Å²) in [7, 11) is 0. The average Bonchev–Trinajstić information content (AvgIpc) is 2.62. The maximum absolute atomic E-state index is 12.6. The number of aromatic nitrogens is 1. The molecule has 23 heavy (non-hydrogen) atoms. The lowest BCUT2D eigenvalue weighted by atomic mass is 10.1. The van der Waals surface area contributed by atoms with E-state index >= 15 is 0 Å². The van der Waals surface area contributed by atoms with Crippen molar-refractivity contribution in [1.29, 1.82) is 0 Å². The van der Waals surface area contributed by atoms with E-state index in [1.54, 1.807) is 18.3 Å². The third-order valence-electron chi connectivity index (χ3n) is 4.05. The van der Waals surface area contributed by atoms with E-state index < -0.39 is 0 Å². The number of nitrogens with zero attached hydrogens (tertiary/aromatic N) is 3. The number of hydrogen-bond acceptors (Lipinski definition) is 4. The monoisotopic (exact) mass is 311 g/mol. The number of pyridine rings is 1. The van der Waals surface area contributed by atoms with Crippen molar-refractivity contribution in [3.63, 3.8) is 0 Å². The van der Waals surface area contributed by atoms with Gasteiger partial charge in [0.2, 0.25) is 5.88 Å². The van der Waals surface area contributed by atoms with Crippen molar-refractivity contribution >= 4 is 5.91 Å². The average molecular weight is 311 g/mol. The zero-order valence-electron chi connectivity index (χ0n) is 13.3. The molecule has 0 spiro atoms. The molecule has 0 unspecified atom stereocenters. The van der Waals surface area contributed by atoms with Gasteiger partial charge in [-0.1, -0.05) is 19.1 Å². The smallest absolute Gasteiger partial charge is 0.254 e. The quantitative estimate of drug-likeness (QED) is 0.871. The van der Waals surface area contributed by atoms with Gasteiger partial charge in [-0.3, -0.25) is 4.79 Å². The molecule has 0 N–H and O–H groups in total. The van der Waals surface area contributed by atoms with Crippen molar-refractivity contribution in [3.8, 4) is 11.6 Å². The van der Waals surface area contributed by atoms with Crippen LogP contribution in [0.15, 0.2) is 48.7 Å². The van der Waals surface area contributed by atoms with Crippen LogP contribution < -0.4 is 4.74 Å². The highest BCUT2D eigenvalue weighted by Gasteiger charge is 2.21. The topological polar surface area (TPSA) is 45.7 Å². The molecule has 2 aromatic rings. The highest BCUT2D eigenvalue weighted by atomic mass is 16.5. The molecule has 5 nitrogen and oxygen atoms in total. The number of carbonyl (C=O) groups is 1. The number of carbonyl (C=O) groups excluding carboxylic acids is 1. The van der Waals surface area contributed by atoms with Crippen LogP contribution >= 0.6 is 0 Å². The molecule has 1 saturated heterocycles. The van der Waals surface area contributed by atoms with Crippen LogP contribution in [-0.2, 0) is 0 Å². The van der Waals surface area contributed by atoms with Crippen molar-refractivity contribution in [2.24, 2.45) is 0 Å². The number of hydrogen-bond donors (Lipinski definition) is 0. The Morgan fingerprint density at radius 2 is 1.96 bits per heavy atom. The van der Waals surface area contributed by atoms with Crippen LogP contribution in [0.25, 0.3) is 0 Å². The minimum absolute atomic E-state index is 0.0622. The van der Waals surface area contributed by atoms with Gasteiger partial charge in [0.25, 0.3) is 5.91 Å². The van der Waals surface area contributed by atoms with E-state index in [0.717, 1.165) is 32.7 Å². The van der Waals surface area contributed by atoms with Gasteiger partial charge < -0.3 is 14.5 Å². The highest BCUT2D eigenvalue weighted by Crippen LogP contribution is 2.21. The predicted octanol–water partition coefficient (Wildman–Crippen LogP) is 2.65. The minimum atomic E-state index is 0.0622. The van der Waals surface area contributed by atoms with E-state index in [0.29, 0.717) is 17.2 Å². The second-order valence-corrected chi connectivity index (χ2v) is 5.52. The molecule has 0 bridgehead atoms. The van der Waals surface area contributed by atoms with E-state index in [9.17, 15) is 4.79 Å². The lowest BCUT2D eigenvalue weighted by Crippen LogP contribution is -2.48. The lowest BCUT2D eigenvalue weighted by molar-refractivity contribution is 0.0643. The van der Waals surface area contributed by atoms with Gasteiger partial charge in [-0.15, -0.1) is 0 Å². The predicted molar refractivity (Wildman–Crippen MR) is 88.8 cm³/mol. The maximum atomic E-state index is 12.6. The number of rotatable bonds is 4. The molecule has 1 aliphatic heterocycles. The van der Waals surface area contributed by atoms with E-state index in [2.05, 4.69) is 16.8 Å². The fraction of sp³-hybridized carbons (Fsp3) is 0.333. The van der Waals surface area contributed by atoms with Gasteiger partial charge in [0.05, 0.1) is 0 Å². The molecule has 1 fully saturated rings. The summed E-state index contributed by atoms with van der Waals surface area (Å²) in [6, 6.07) is 12.8. The van der Waals surface area contributed by atoms with E-state index in [-0.39, 0.29) is 5.91 Å². The molecule has 2 heterocycles. The van der Waals surface area contributed by atoms with Gasteiger partial charge in [0.1, 0.15) is 5.75 Å². The van der Waals surface area contributed by atoms with Gasteiger partial charge in [0, 0.05) is 44.0 Å². The van der Waals surface area contributed by atoms with Crippen LogP contribution in [0.3, 0.4) is 0 Å². The Morgan fingerprint density at radius 1 is 1.13 bits per heavy atom. The van der Waals surface area contributed by atoms with Crippen LogP contribution in [-0.4, -0.2) is 53.4 Å². The van der Waals surface area contributed by atoms with Crippen molar-refractivity contribution in [2.75, 3.05) is 32.7 Å². The van der Waals surface area contributed by atoms with Gasteiger partial charge in [-0.05, 0) is 30.8 Å². The Bertz CT molecular complexity index is 652. The summed E-state index contributed by atoms with van der Waals surface area (Å²) in [4.78, 5) is 21.0. The molecule has 0 radical (unpaired) electrons. The normalized spacial score (nSPS) is 15.4. The molecule has 5 heteroatoms. The molecule has 1 amide bonds. The molecule has 120 valence electrons. The zero-order chi connectivity index (χ0) is 16.1. The first-order valence-corrected chi connectivity index (χ1v) is 7.97. The number of piperazine rings is 1. The number of ether oxygens (including phenoxy) is 1. The molecular weight excluding hydrogens is 290 g/mol. The summed E-state index contributed by atoms with van der Waals surface area (Å²) in [6.07, 6.45) is 1.68. The first-order valence-electron chi connectivity index (χ1n) is 7.97. The second-order valence-electron chi connectivity index (χ2n) is 5.52. The van der Waals surface area contributed by atoms with Crippen LogP contribution in [0.2, 0.25) is 0 Å². The Hall–Kier alpha value is -2.40. The van der Waals surface area contributed by atoms with Gasteiger partial charge in [-0.2, -0.15) is 0 Å². The minimum Gasteiger partial charge on any atom is -0.439 e. The van der Waals surface area contributed by atoms with E-state index in [1.807, 2.05) is 35.2 Å². The molecular formula is C18H21N3O2. The van der Waals surface area contributed by atoms with Crippen LogP contribution in [0.4, 0.5) is 0 Å². The molecule has 1 aromatic heterocycles. The van der Waals surface area contributed by atoms with Gasteiger partial charge in [0.15, 0.2) is 0 Å². The summed E-state index contributed by atoms with van der Waals surface area (Å²) in [5, 5.41) is 0. The van der Waals surface area contributed by atoms with Crippen LogP contribution in [0.1, 0.15) is 17.3 Å². The first kappa shape index (κ1) is 15.5. The maximum Gasteiger partial charge on any atom is 0.254 e. The zero-order valence-corrected chi connectivity index (χ0v) is 13.3. The molecule has 0 atom stereocenters. The van der Waals surface area contributed by atoms with Crippen LogP contribution in [0.5, 0.6) is 11.6 Å². The largest absolute Gasteiger partial charge is 0.439 e. The fourth-order valence-electron chi connectivity index (χ4n) is 2.67. The lowest BCUT2D eigenvalue weighted by Gasteiger charge is -2.34. The second kappa shape index (κ2) is 7.24. The summed E-state index contributed by atoms with van der Waals surface area (Å²) in [5.41, 5.74) is 0.656. The molecule has 1 aliphatic rings. The van der Waals surface area contributed by atoms with E-state index in [1.165, 1.54) is 0 Å². The van der Waals surface area contributed by atoms with E-state index in [4.69, 9.17) is 4.74 Å². The summed E-state index contributed by atoms with van der Waals surface area (Å²) in [5.74, 6) is 1.21. The SMILES string of the molecule is CCN1CCN(C(=O)c2cccc(Oc3ccccn3)c2)CC1. The third-order valence-corrected chi connectivity index (χ3v) is 4.05. The molecule has 0 aliphatic carbocycles. The third kappa shape index (κ3) is 3.87. The summed E-state index contributed by atoms with van der Waals surface area (Å²) < 4.78 is 5.70.